The molecule has 0 fully saturated rings. The van der Waals surface area contributed by atoms with E-state index in [9.17, 15) is 0 Å². The third-order valence-corrected chi connectivity index (χ3v) is 3.71. The molecule has 0 saturated heterocycles. The van der Waals surface area contributed by atoms with Crippen LogP contribution in [0.1, 0.15) is 12.5 Å². The maximum Gasteiger partial charge on any atom is 0.191 e. The van der Waals surface area contributed by atoms with Gasteiger partial charge in [0.1, 0.15) is 11.8 Å². The SMILES string of the molecule is C=N/C(=C\SCNC(=NC)NCC)c1coc2ccccc12. The molecule has 1 aromatic carbocycles. The fraction of sp³-hybridized carbons (Fsp3) is 0.250. The number of hydrogen-bond acceptors (Lipinski definition) is 4. The van der Waals surface area contributed by atoms with Gasteiger partial charge in [-0.3, -0.25) is 9.98 Å². The fourth-order valence-corrected chi connectivity index (χ4v) is 2.64. The summed E-state index contributed by atoms with van der Waals surface area (Å²) in [6, 6.07) is 7.89. The Kier molecular flexibility index (Phi) is 6.09. The number of rotatable bonds is 6. The predicted octanol–water partition coefficient (Wildman–Crippen LogP) is 3.31. The van der Waals surface area contributed by atoms with E-state index in [-0.39, 0.29) is 0 Å². The zero-order chi connectivity index (χ0) is 15.8. The van der Waals surface area contributed by atoms with Crippen LogP contribution in [0.2, 0.25) is 0 Å². The van der Waals surface area contributed by atoms with Gasteiger partial charge < -0.3 is 15.1 Å². The molecule has 0 amide bonds. The van der Waals surface area contributed by atoms with Gasteiger partial charge in [0.2, 0.25) is 0 Å². The second-order valence-electron chi connectivity index (χ2n) is 4.40. The van der Waals surface area contributed by atoms with E-state index < -0.39 is 0 Å². The van der Waals surface area contributed by atoms with Crippen molar-refractivity contribution in [1.82, 2.24) is 10.6 Å². The van der Waals surface area contributed by atoms with Crippen molar-refractivity contribution < 1.29 is 4.42 Å². The van der Waals surface area contributed by atoms with E-state index in [1.807, 2.05) is 36.6 Å². The second-order valence-corrected chi connectivity index (χ2v) is 5.25. The highest BCUT2D eigenvalue weighted by atomic mass is 32.2. The highest BCUT2D eigenvalue weighted by Gasteiger charge is 2.08. The molecule has 2 rings (SSSR count). The van der Waals surface area contributed by atoms with E-state index in [1.165, 1.54) is 0 Å². The minimum absolute atomic E-state index is 0.689. The van der Waals surface area contributed by atoms with Crippen LogP contribution in [0.3, 0.4) is 0 Å². The minimum atomic E-state index is 0.689. The monoisotopic (exact) mass is 316 g/mol. The molecule has 0 radical (unpaired) electrons. The largest absolute Gasteiger partial charge is 0.464 e. The number of hydrogen-bond donors (Lipinski definition) is 2. The van der Waals surface area contributed by atoms with Crippen molar-refractivity contribution in [2.24, 2.45) is 9.98 Å². The fourth-order valence-electron chi connectivity index (χ4n) is 1.98. The lowest BCUT2D eigenvalue weighted by Crippen LogP contribution is -2.36. The summed E-state index contributed by atoms with van der Waals surface area (Å²) in [7, 11) is 1.75. The lowest BCUT2D eigenvalue weighted by Gasteiger charge is -2.08. The lowest BCUT2D eigenvalue weighted by atomic mass is 10.1. The van der Waals surface area contributed by atoms with E-state index in [0.717, 1.165) is 34.7 Å². The Hall–Kier alpha value is -2.21. The molecule has 2 aromatic rings. The number of aliphatic imine (C=N–C) groups is 2. The van der Waals surface area contributed by atoms with Crippen LogP contribution >= 0.6 is 11.8 Å². The number of para-hydroxylation sites is 1. The summed E-state index contributed by atoms with van der Waals surface area (Å²) in [4.78, 5) is 8.23. The van der Waals surface area contributed by atoms with Crippen molar-refractivity contribution in [3.8, 4) is 0 Å². The van der Waals surface area contributed by atoms with Gasteiger partial charge in [-0.1, -0.05) is 18.2 Å². The zero-order valence-electron chi connectivity index (χ0n) is 12.8. The average molecular weight is 316 g/mol. The second kappa shape index (κ2) is 8.29. The Morgan fingerprint density at radius 1 is 1.36 bits per heavy atom. The molecule has 0 saturated carbocycles. The minimum Gasteiger partial charge on any atom is -0.464 e. The van der Waals surface area contributed by atoms with Crippen molar-refractivity contribution in [1.29, 1.82) is 0 Å². The first kappa shape index (κ1) is 16.2. The first-order valence-corrected chi connectivity index (χ1v) is 8.04. The van der Waals surface area contributed by atoms with E-state index in [2.05, 4.69) is 27.3 Å². The highest BCUT2D eigenvalue weighted by Crippen LogP contribution is 2.28. The molecular weight excluding hydrogens is 296 g/mol. The molecule has 2 N–H and O–H groups in total. The third-order valence-electron chi connectivity index (χ3n) is 3.01. The van der Waals surface area contributed by atoms with E-state index in [4.69, 9.17) is 4.42 Å². The van der Waals surface area contributed by atoms with Crippen molar-refractivity contribution in [3.63, 3.8) is 0 Å². The van der Waals surface area contributed by atoms with E-state index >= 15 is 0 Å². The molecule has 0 aliphatic carbocycles. The topological polar surface area (TPSA) is 61.9 Å². The van der Waals surface area contributed by atoms with Crippen LogP contribution in [-0.2, 0) is 0 Å². The summed E-state index contributed by atoms with van der Waals surface area (Å²) in [5, 5.41) is 9.35. The zero-order valence-corrected chi connectivity index (χ0v) is 13.6. The summed E-state index contributed by atoms with van der Waals surface area (Å²) in [5.41, 5.74) is 2.60. The number of guanidine groups is 1. The maximum absolute atomic E-state index is 5.54. The third kappa shape index (κ3) is 3.92. The molecule has 0 aliphatic heterocycles. The number of nitrogens with zero attached hydrogens (tertiary/aromatic N) is 2. The molecular formula is C16H20N4OS. The Balaban J connectivity index is 2.04. The van der Waals surface area contributed by atoms with Gasteiger partial charge in [-0.15, -0.1) is 11.8 Å². The molecule has 116 valence electrons. The highest BCUT2D eigenvalue weighted by molar-refractivity contribution is 8.02. The normalized spacial score (nSPS) is 12.5. The average Bonchev–Trinajstić information content (AvgIpc) is 2.98. The predicted molar refractivity (Wildman–Crippen MR) is 96.4 cm³/mol. The van der Waals surface area contributed by atoms with Gasteiger partial charge in [0.05, 0.1) is 11.6 Å². The van der Waals surface area contributed by atoms with Crippen LogP contribution in [0.25, 0.3) is 16.7 Å². The molecule has 0 aliphatic rings. The number of nitrogens with one attached hydrogen (secondary N) is 2. The Morgan fingerprint density at radius 3 is 2.91 bits per heavy atom. The van der Waals surface area contributed by atoms with Crippen LogP contribution in [0.5, 0.6) is 0 Å². The van der Waals surface area contributed by atoms with E-state index in [1.54, 1.807) is 25.1 Å². The first-order chi connectivity index (χ1) is 10.8. The summed E-state index contributed by atoms with van der Waals surface area (Å²) in [5.74, 6) is 1.47. The van der Waals surface area contributed by atoms with Gasteiger partial charge in [0.15, 0.2) is 5.96 Å². The van der Waals surface area contributed by atoms with Crippen LogP contribution in [0.15, 0.2) is 50.3 Å². The first-order valence-electron chi connectivity index (χ1n) is 6.99. The Labute approximate surface area is 134 Å². The molecule has 6 heteroatoms. The molecule has 0 spiro atoms. The van der Waals surface area contributed by atoms with Crippen molar-refractivity contribution in [2.45, 2.75) is 6.92 Å². The molecule has 1 aromatic heterocycles. The van der Waals surface area contributed by atoms with Crippen LogP contribution in [-0.4, -0.2) is 32.1 Å². The summed E-state index contributed by atoms with van der Waals surface area (Å²) >= 11 is 1.59. The lowest BCUT2D eigenvalue weighted by molar-refractivity contribution is 0.614. The summed E-state index contributed by atoms with van der Waals surface area (Å²) < 4.78 is 5.54. The van der Waals surface area contributed by atoms with Gasteiger partial charge >= 0.3 is 0 Å². The van der Waals surface area contributed by atoms with Crippen molar-refractivity contribution in [3.05, 3.63) is 41.5 Å². The van der Waals surface area contributed by atoms with Crippen LogP contribution in [0.4, 0.5) is 0 Å². The van der Waals surface area contributed by atoms with Crippen molar-refractivity contribution in [2.75, 3.05) is 19.5 Å². The number of thioether (sulfide) groups is 1. The van der Waals surface area contributed by atoms with Crippen LogP contribution in [0, 0.1) is 0 Å². The molecule has 0 atom stereocenters. The quantitative estimate of drug-likeness (QED) is 0.371. The number of fused-ring (bicyclic) bond motifs is 1. The molecule has 0 unspecified atom stereocenters. The number of furan rings is 1. The summed E-state index contributed by atoms with van der Waals surface area (Å²) in [6.07, 6.45) is 1.72. The Morgan fingerprint density at radius 2 is 2.18 bits per heavy atom. The van der Waals surface area contributed by atoms with Gasteiger partial charge in [0, 0.05) is 24.5 Å². The molecule has 5 nitrogen and oxygen atoms in total. The molecule has 1 heterocycles. The van der Waals surface area contributed by atoms with Crippen LogP contribution < -0.4 is 10.6 Å². The van der Waals surface area contributed by atoms with Gasteiger partial charge in [-0.2, -0.15) is 0 Å². The standard InChI is InChI=1S/C16H20N4OS/c1-4-19-16(18-3)20-11-22-10-14(17-2)13-9-21-15-8-6-5-7-12(13)15/h5-10H,2,4,11H2,1,3H3,(H2,18,19,20)/b14-10-. The van der Waals surface area contributed by atoms with Gasteiger partial charge in [0.25, 0.3) is 0 Å². The maximum atomic E-state index is 5.54. The smallest absolute Gasteiger partial charge is 0.191 e. The Bertz CT molecular complexity index is 690. The van der Waals surface area contributed by atoms with Gasteiger partial charge in [-0.05, 0) is 25.1 Å². The molecule has 0 bridgehead atoms. The summed E-state index contributed by atoms with van der Waals surface area (Å²) in [6.45, 7) is 6.52. The van der Waals surface area contributed by atoms with Crippen molar-refractivity contribution >= 4 is 41.1 Å². The van der Waals surface area contributed by atoms with E-state index in [0.29, 0.717) is 5.88 Å². The molecule has 22 heavy (non-hydrogen) atoms. The van der Waals surface area contributed by atoms with Gasteiger partial charge in [-0.25, -0.2) is 0 Å². The number of benzene rings is 1.